The van der Waals surface area contributed by atoms with Crippen molar-refractivity contribution in [1.82, 2.24) is 4.90 Å². The number of ether oxygens (including phenoxy) is 1. The molecule has 4 amide bonds. The lowest BCUT2D eigenvalue weighted by Gasteiger charge is -2.36. The molecule has 10 nitrogen and oxygen atoms in total. The molecule has 0 unspecified atom stereocenters. The van der Waals surface area contributed by atoms with Gasteiger partial charge in [0, 0.05) is 37.6 Å². The Morgan fingerprint density at radius 2 is 1.58 bits per heavy atom. The standard InChI is InChI=1S/C27H28ClN5O5/c1-17-3-10-24(38-2)23(15-17)30-26(36)29-19-5-7-20(8-6-19)32-11-13-33(14-12-32)27(37)31-22-9-4-18(25(34)35)16-21(22)28/h3-10,15-16H,11-14H2,1-2H3,(H,31,37)(H,34,35)(H2,29,30,36). The molecule has 3 aromatic carbocycles. The van der Waals surface area contributed by atoms with E-state index in [9.17, 15) is 14.4 Å². The van der Waals surface area contributed by atoms with E-state index in [0.29, 0.717) is 49.0 Å². The molecule has 0 saturated carbocycles. The Morgan fingerprint density at radius 3 is 2.21 bits per heavy atom. The Labute approximate surface area is 225 Å². The van der Waals surface area contributed by atoms with Crippen LogP contribution in [0.2, 0.25) is 5.02 Å². The quantitative estimate of drug-likeness (QED) is 0.336. The molecule has 38 heavy (non-hydrogen) atoms. The minimum absolute atomic E-state index is 0.0509. The second-order valence-electron chi connectivity index (χ2n) is 8.73. The lowest BCUT2D eigenvalue weighted by molar-refractivity contribution is 0.0697. The zero-order valence-electron chi connectivity index (χ0n) is 21.0. The highest BCUT2D eigenvalue weighted by atomic mass is 35.5. The predicted molar refractivity (Wildman–Crippen MR) is 148 cm³/mol. The SMILES string of the molecule is COc1ccc(C)cc1NC(=O)Nc1ccc(N2CCN(C(=O)Nc3ccc(C(=O)O)cc3Cl)CC2)cc1. The van der Waals surface area contributed by atoms with Crippen molar-refractivity contribution in [3.63, 3.8) is 0 Å². The summed E-state index contributed by atoms with van der Waals surface area (Å²) >= 11 is 6.12. The molecule has 1 aliphatic heterocycles. The van der Waals surface area contributed by atoms with Crippen molar-refractivity contribution in [3.05, 3.63) is 76.8 Å². The molecule has 4 rings (SSSR count). The van der Waals surface area contributed by atoms with Gasteiger partial charge in [0.2, 0.25) is 0 Å². The van der Waals surface area contributed by atoms with Gasteiger partial charge in [0.25, 0.3) is 0 Å². The van der Waals surface area contributed by atoms with E-state index in [1.165, 1.54) is 18.2 Å². The number of nitrogens with zero attached hydrogens (tertiary/aromatic N) is 2. The van der Waals surface area contributed by atoms with Gasteiger partial charge in [-0.15, -0.1) is 0 Å². The van der Waals surface area contributed by atoms with Crippen LogP contribution in [-0.2, 0) is 0 Å². The van der Waals surface area contributed by atoms with Crippen molar-refractivity contribution in [1.29, 1.82) is 0 Å². The molecule has 11 heteroatoms. The summed E-state index contributed by atoms with van der Waals surface area (Å²) in [5, 5.41) is 17.6. The van der Waals surface area contributed by atoms with Gasteiger partial charge in [0.15, 0.2) is 0 Å². The van der Waals surface area contributed by atoms with Crippen molar-refractivity contribution in [2.75, 3.05) is 54.1 Å². The van der Waals surface area contributed by atoms with Crippen LogP contribution in [0.1, 0.15) is 15.9 Å². The number of carboxylic acid groups (broad SMARTS) is 1. The molecule has 4 N–H and O–H groups in total. The molecule has 1 heterocycles. The van der Waals surface area contributed by atoms with Gasteiger partial charge in [0.1, 0.15) is 5.75 Å². The summed E-state index contributed by atoms with van der Waals surface area (Å²) in [5.74, 6) is -0.510. The number of benzene rings is 3. The molecular formula is C27H28ClN5O5. The maximum atomic E-state index is 12.7. The number of hydrogen-bond donors (Lipinski definition) is 4. The van der Waals surface area contributed by atoms with Crippen molar-refractivity contribution in [2.24, 2.45) is 0 Å². The number of urea groups is 2. The first kappa shape index (κ1) is 26.6. The number of methoxy groups -OCH3 is 1. The molecule has 0 aromatic heterocycles. The van der Waals surface area contributed by atoms with Crippen molar-refractivity contribution in [3.8, 4) is 5.75 Å². The van der Waals surface area contributed by atoms with E-state index in [0.717, 1.165) is 11.3 Å². The van der Waals surface area contributed by atoms with Gasteiger partial charge in [-0.1, -0.05) is 17.7 Å². The monoisotopic (exact) mass is 537 g/mol. The number of aromatic carboxylic acids is 1. The summed E-state index contributed by atoms with van der Waals surface area (Å²) in [5.41, 5.74) is 3.61. The first-order valence-electron chi connectivity index (χ1n) is 11.9. The van der Waals surface area contributed by atoms with E-state index in [1.807, 2.05) is 43.3 Å². The van der Waals surface area contributed by atoms with Crippen molar-refractivity contribution in [2.45, 2.75) is 6.92 Å². The molecule has 3 aromatic rings. The molecule has 0 atom stereocenters. The van der Waals surface area contributed by atoms with Gasteiger partial charge in [-0.3, -0.25) is 0 Å². The summed E-state index contributed by atoms with van der Waals surface area (Å²) in [6, 6.07) is 16.5. The van der Waals surface area contributed by atoms with Crippen LogP contribution < -0.4 is 25.6 Å². The van der Waals surface area contributed by atoms with E-state index < -0.39 is 5.97 Å². The smallest absolute Gasteiger partial charge is 0.335 e. The lowest BCUT2D eigenvalue weighted by Crippen LogP contribution is -2.50. The van der Waals surface area contributed by atoms with Crippen molar-refractivity contribution >= 4 is 52.4 Å². The second-order valence-corrected chi connectivity index (χ2v) is 9.14. The molecule has 1 fully saturated rings. The maximum absolute atomic E-state index is 12.7. The van der Waals surface area contributed by atoms with E-state index in [1.54, 1.807) is 18.1 Å². The van der Waals surface area contributed by atoms with Crippen LogP contribution in [0.5, 0.6) is 5.75 Å². The summed E-state index contributed by atoms with van der Waals surface area (Å²) in [7, 11) is 1.55. The van der Waals surface area contributed by atoms with Crippen LogP contribution in [0.3, 0.4) is 0 Å². The molecule has 0 spiro atoms. The molecular weight excluding hydrogens is 510 g/mol. The number of carboxylic acids is 1. The van der Waals surface area contributed by atoms with Gasteiger partial charge in [-0.05, 0) is 67.1 Å². The van der Waals surface area contributed by atoms with Crippen LogP contribution in [0, 0.1) is 6.92 Å². The summed E-state index contributed by atoms with van der Waals surface area (Å²) in [4.78, 5) is 40.1. The number of anilines is 4. The van der Waals surface area contributed by atoms with Crippen LogP contribution in [0.4, 0.5) is 32.3 Å². The zero-order chi connectivity index (χ0) is 27.2. The van der Waals surface area contributed by atoms with Crippen molar-refractivity contribution < 1.29 is 24.2 Å². The Balaban J connectivity index is 1.28. The number of amides is 4. The van der Waals surface area contributed by atoms with Crippen LogP contribution in [0.25, 0.3) is 0 Å². The third-order valence-corrected chi connectivity index (χ3v) is 6.43. The zero-order valence-corrected chi connectivity index (χ0v) is 21.7. The molecule has 0 aliphatic carbocycles. The van der Waals surface area contributed by atoms with Gasteiger partial charge >= 0.3 is 18.0 Å². The van der Waals surface area contributed by atoms with Crippen LogP contribution >= 0.6 is 11.6 Å². The average molecular weight is 538 g/mol. The molecule has 1 saturated heterocycles. The minimum Gasteiger partial charge on any atom is -0.495 e. The van der Waals surface area contributed by atoms with Gasteiger partial charge in [-0.2, -0.15) is 0 Å². The van der Waals surface area contributed by atoms with Crippen LogP contribution in [-0.4, -0.2) is 61.3 Å². The Kier molecular flexibility index (Phi) is 8.22. The number of hydrogen-bond acceptors (Lipinski definition) is 5. The fourth-order valence-electron chi connectivity index (χ4n) is 4.07. The van der Waals surface area contributed by atoms with Gasteiger partial charge < -0.3 is 35.6 Å². The van der Waals surface area contributed by atoms with Gasteiger partial charge in [0.05, 0.1) is 29.1 Å². The van der Waals surface area contributed by atoms with E-state index in [2.05, 4.69) is 20.9 Å². The third-order valence-electron chi connectivity index (χ3n) is 6.12. The number of carbonyl (C=O) groups excluding carboxylic acids is 2. The topological polar surface area (TPSA) is 123 Å². The van der Waals surface area contributed by atoms with Crippen LogP contribution in [0.15, 0.2) is 60.7 Å². The summed E-state index contributed by atoms with van der Waals surface area (Å²) in [6.07, 6.45) is 0. The fraction of sp³-hybridized carbons (Fsp3) is 0.222. The first-order valence-corrected chi connectivity index (χ1v) is 12.3. The predicted octanol–water partition coefficient (Wildman–Crippen LogP) is 5.35. The average Bonchev–Trinajstić information content (AvgIpc) is 2.90. The number of halogens is 1. The number of aryl methyl sites for hydroxylation is 1. The first-order chi connectivity index (χ1) is 18.2. The molecule has 0 radical (unpaired) electrons. The fourth-order valence-corrected chi connectivity index (χ4v) is 4.30. The molecule has 1 aliphatic rings. The van der Waals surface area contributed by atoms with E-state index >= 15 is 0 Å². The highest BCUT2D eigenvalue weighted by Crippen LogP contribution is 2.26. The number of nitrogens with one attached hydrogen (secondary N) is 3. The number of carbonyl (C=O) groups is 3. The lowest BCUT2D eigenvalue weighted by atomic mass is 10.2. The van der Waals surface area contributed by atoms with Gasteiger partial charge in [-0.25, -0.2) is 14.4 Å². The third kappa shape index (κ3) is 6.46. The largest absolute Gasteiger partial charge is 0.495 e. The highest BCUT2D eigenvalue weighted by molar-refractivity contribution is 6.34. The number of rotatable bonds is 6. The second kappa shape index (κ2) is 11.7. The Bertz CT molecular complexity index is 1340. The molecule has 198 valence electrons. The van der Waals surface area contributed by atoms with E-state index in [4.69, 9.17) is 21.4 Å². The Hall–Kier alpha value is -4.44. The normalized spacial score (nSPS) is 13.0. The molecule has 0 bridgehead atoms. The maximum Gasteiger partial charge on any atom is 0.335 e. The van der Waals surface area contributed by atoms with E-state index in [-0.39, 0.29) is 22.6 Å². The Morgan fingerprint density at radius 1 is 0.868 bits per heavy atom. The highest BCUT2D eigenvalue weighted by Gasteiger charge is 2.22. The number of piperazine rings is 1. The summed E-state index contributed by atoms with van der Waals surface area (Å²) in [6.45, 7) is 4.18. The summed E-state index contributed by atoms with van der Waals surface area (Å²) < 4.78 is 5.30. The minimum atomic E-state index is -1.09.